The highest BCUT2D eigenvalue weighted by molar-refractivity contribution is 8.01. The van der Waals surface area contributed by atoms with E-state index in [1.807, 2.05) is 13.0 Å². The molecule has 0 fully saturated rings. The van der Waals surface area contributed by atoms with E-state index in [0.717, 1.165) is 30.9 Å². The predicted octanol–water partition coefficient (Wildman–Crippen LogP) is 7.73. The maximum absolute atomic E-state index is 14.4. The van der Waals surface area contributed by atoms with Gasteiger partial charge in [0, 0.05) is 29.5 Å². The number of fused-ring (bicyclic) bond motifs is 1. The van der Waals surface area contributed by atoms with Crippen LogP contribution in [0.15, 0.2) is 79.2 Å². The van der Waals surface area contributed by atoms with Crippen LogP contribution in [0.1, 0.15) is 37.1 Å². The monoisotopic (exact) mass is 516 g/mol. The standard InChI is InChI=1S/C27H28F4N4S/c1-6-8-9-10-22(28)13-14-35-25(24(16-32)23-15-21(7-2)17-33-26(23)35)18(3)11-12-19(4)36-34-20(5)27(29,30)31/h6,8-9,11-13,15,17,20,34H,1,3-4,7,10,14H2,2,5H3/b9-8-,12-11-,22-13+. The van der Waals surface area contributed by atoms with E-state index in [-0.39, 0.29) is 18.8 Å². The summed E-state index contributed by atoms with van der Waals surface area (Å²) in [6, 6.07) is 2.37. The van der Waals surface area contributed by atoms with Gasteiger partial charge in [0.2, 0.25) is 0 Å². The van der Waals surface area contributed by atoms with Crippen LogP contribution in [0.2, 0.25) is 0 Å². The van der Waals surface area contributed by atoms with E-state index in [1.165, 1.54) is 12.2 Å². The molecule has 0 radical (unpaired) electrons. The van der Waals surface area contributed by atoms with Crippen molar-refractivity contribution in [1.29, 1.82) is 5.26 Å². The maximum Gasteiger partial charge on any atom is 0.404 e. The zero-order valence-corrected chi connectivity index (χ0v) is 21.0. The second-order valence-corrected chi connectivity index (χ2v) is 8.81. The van der Waals surface area contributed by atoms with Gasteiger partial charge in [-0.1, -0.05) is 51.0 Å². The third kappa shape index (κ3) is 7.57. The third-order valence-electron chi connectivity index (χ3n) is 5.19. The quantitative estimate of drug-likeness (QED) is 0.178. The van der Waals surface area contributed by atoms with Crippen LogP contribution in [0.5, 0.6) is 0 Å². The van der Waals surface area contributed by atoms with Gasteiger partial charge in [-0.25, -0.2) is 14.1 Å². The number of nitriles is 1. The molecule has 2 aromatic rings. The highest BCUT2D eigenvalue weighted by Gasteiger charge is 2.35. The van der Waals surface area contributed by atoms with Crippen molar-refractivity contribution < 1.29 is 17.6 Å². The minimum atomic E-state index is -4.38. The molecule has 0 aliphatic carbocycles. The Morgan fingerprint density at radius 1 is 1.33 bits per heavy atom. The highest BCUT2D eigenvalue weighted by Crippen LogP contribution is 2.31. The van der Waals surface area contributed by atoms with Crippen molar-refractivity contribution in [2.24, 2.45) is 0 Å². The molecule has 0 amide bonds. The normalized spacial score (nSPS) is 13.4. The second kappa shape index (κ2) is 13.1. The van der Waals surface area contributed by atoms with Crippen LogP contribution >= 0.6 is 11.9 Å². The molecular weight excluding hydrogens is 488 g/mol. The fourth-order valence-corrected chi connectivity index (χ4v) is 3.77. The lowest BCUT2D eigenvalue weighted by molar-refractivity contribution is -0.146. The van der Waals surface area contributed by atoms with E-state index in [9.17, 15) is 22.8 Å². The van der Waals surface area contributed by atoms with Crippen molar-refractivity contribution in [3.8, 4) is 6.07 Å². The number of hydrogen-bond donors (Lipinski definition) is 1. The Morgan fingerprint density at radius 2 is 2.06 bits per heavy atom. The van der Waals surface area contributed by atoms with Crippen LogP contribution in [0.25, 0.3) is 16.6 Å². The number of alkyl halides is 3. The van der Waals surface area contributed by atoms with Crippen LogP contribution in [0.4, 0.5) is 17.6 Å². The zero-order chi connectivity index (χ0) is 26.9. The fourth-order valence-electron chi connectivity index (χ4n) is 3.17. The Morgan fingerprint density at radius 3 is 2.67 bits per heavy atom. The van der Waals surface area contributed by atoms with E-state index < -0.39 is 12.2 Å². The summed E-state index contributed by atoms with van der Waals surface area (Å²) in [6.45, 7) is 14.4. The van der Waals surface area contributed by atoms with Gasteiger partial charge in [0.15, 0.2) is 0 Å². The SMILES string of the molecule is C=C/C=C\C/C(F)=C\Cn1c(C(=C)/C=C\C(=C)SNC(C)C(F)(F)F)c(C#N)c2cc(CC)cnc21. The molecule has 2 rings (SSSR count). The largest absolute Gasteiger partial charge is 0.404 e. The Labute approximate surface area is 213 Å². The van der Waals surface area contributed by atoms with Gasteiger partial charge in [-0.2, -0.15) is 18.4 Å². The summed E-state index contributed by atoms with van der Waals surface area (Å²) in [7, 11) is 0. The number of aromatic nitrogens is 2. The lowest BCUT2D eigenvalue weighted by Crippen LogP contribution is -2.35. The number of aryl methyl sites for hydroxylation is 1. The van der Waals surface area contributed by atoms with E-state index >= 15 is 0 Å². The van der Waals surface area contributed by atoms with Gasteiger partial charge in [-0.05, 0) is 54.6 Å². The number of allylic oxidation sites excluding steroid dienone is 8. The molecule has 2 heterocycles. The molecule has 1 N–H and O–H groups in total. The van der Waals surface area contributed by atoms with Crippen LogP contribution in [0.3, 0.4) is 0 Å². The molecule has 0 aromatic carbocycles. The number of rotatable bonds is 12. The van der Waals surface area contributed by atoms with E-state index in [2.05, 4.69) is 35.5 Å². The molecule has 0 spiro atoms. The first kappa shape index (κ1) is 28.9. The third-order valence-corrected chi connectivity index (χ3v) is 6.06. The molecule has 0 bridgehead atoms. The van der Waals surface area contributed by atoms with Gasteiger partial charge in [0.05, 0.1) is 11.3 Å². The predicted molar refractivity (Wildman–Crippen MR) is 141 cm³/mol. The summed E-state index contributed by atoms with van der Waals surface area (Å²) in [5.74, 6) is -0.361. The number of hydrogen-bond acceptors (Lipinski definition) is 4. The van der Waals surface area contributed by atoms with Crippen molar-refractivity contribution in [1.82, 2.24) is 14.3 Å². The van der Waals surface area contributed by atoms with Crippen LogP contribution in [-0.2, 0) is 13.0 Å². The van der Waals surface area contributed by atoms with Crippen LogP contribution in [0, 0.1) is 11.3 Å². The zero-order valence-electron chi connectivity index (χ0n) is 20.2. The van der Waals surface area contributed by atoms with Gasteiger partial charge in [0.25, 0.3) is 0 Å². The van der Waals surface area contributed by atoms with Crippen molar-refractivity contribution in [3.05, 3.63) is 96.0 Å². The molecule has 36 heavy (non-hydrogen) atoms. The molecule has 190 valence electrons. The molecular formula is C27H28F4N4S. The lowest BCUT2D eigenvalue weighted by atomic mass is 10.1. The average molecular weight is 517 g/mol. The first-order valence-corrected chi connectivity index (χ1v) is 11.9. The molecule has 2 aromatic heterocycles. The summed E-state index contributed by atoms with van der Waals surface area (Å²) >= 11 is 0.747. The van der Waals surface area contributed by atoms with E-state index in [4.69, 9.17) is 0 Å². The molecule has 4 nitrogen and oxygen atoms in total. The number of pyridine rings is 1. The summed E-state index contributed by atoms with van der Waals surface area (Å²) in [5.41, 5.74) is 2.64. The highest BCUT2D eigenvalue weighted by atomic mass is 32.2. The van der Waals surface area contributed by atoms with E-state index in [0.29, 0.717) is 32.8 Å². The first-order chi connectivity index (χ1) is 17.0. The Kier molecular flexibility index (Phi) is 10.5. The lowest BCUT2D eigenvalue weighted by Gasteiger charge is -2.16. The molecule has 0 saturated heterocycles. The summed E-state index contributed by atoms with van der Waals surface area (Å²) in [5, 5.41) is 10.6. The first-order valence-electron chi connectivity index (χ1n) is 11.1. The van der Waals surface area contributed by atoms with Gasteiger partial charge in [-0.15, -0.1) is 0 Å². The van der Waals surface area contributed by atoms with Crippen LogP contribution in [-0.4, -0.2) is 21.8 Å². The Hall–Kier alpha value is -3.35. The topological polar surface area (TPSA) is 53.6 Å². The molecule has 0 saturated carbocycles. The average Bonchev–Trinajstić information content (AvgIpc) is 3.16. The van der Waals surface area contributed by atoms with Crippen LogP contribution < -0.4 is 4.72 Å². The second-order valence-electron chi connectivity index (χ2n) is 7.84. The van der Waals surface area contributed by atoms with Gasteiger partial charge in [-0.3, -0.25) is 0 Å². The smallest absolute Gasteiger partial charge is 0.320 e. The Bertz CT molecular complexity index is 1260. The summed E-state index contributed by atoms with van der Waals surface area (Å²) in [4.78, 5) is 4.83. The Balaban J connectivity index is 2.42. The number of nitrogens with zero attached hydrogens (tertiary/aromatic N) is 3. The van der Waals surface area contributed by atoms with Crippen molar-refractivity contribution in [3.63, 3.8) is 0 Å². The van der Waals surface area contributed by atoms with E-state index in [1.54, 1.807) is 35.1 Å². The maximum atomic E-state index is 14.4. The summed E-state index contributed by atoms with van der Waals surface area (Å²) < 4.78 is 56.5. The minimum Gasteiger partial charge on any atom is -0.320 e. The fraction of sp³-hybridized carbons (Fsp3) is 0.259. The summed E-state index contributed by atoms with van der Waals surface area (Å²) in [6.07, 6.45) is 7.47. The van der Waals surface area contributed by atoms with Gasteiger partial charge < -0.3 is 4.57 Å². The number of halogens is 4. The molecule has 0 aliphatic rings. The van der Waals surface area contributed by atoms with Crippen molar-refractivity contribution in [2.45, 2.75) is 45.5 Å². The van der Waals surface area contributed by atoms with Crippen molar-refractivity contribution >= 4 is 28.6 Å². The molecule has 1 atom stereocenters. The molecule has 1 unspecified atom stereocenters. The number of nitrogens with one attached hydrogen (secondary N) is 1. The minimum absolute atomic E-state index is 0.0975. The van der Waals surface area contributed by atoms with Crippen molar-refractivity contribution in [2.75, 3.05) is 0 Å². The molecule has 0 aliphatic heterocycles. The van der Waals surface area contributed by atoms with Gasteiger partial charge >= 0.3 is 6.18 Å². The van der Waals surface area contributed by atoms with Gasteiger partial charge in [0.1, 0.15) is 23.6 Å². The molecule has 9 heteroatoms.